The van der Waals surface area contributed by atoms with Crippen LogP contribution < -0.4 is 16.0 Å². The Morgan fingerprint density at radius 3 is 2.88 bits per heavy atom. The first-order chi connectivity index (χ1) is 15.5. The van der Waals surface area contributed by atoms with Gasteiger partial charge in [0.25, 0.3) is 0 Å². The van der Waals surface area contributed by atoms with Crippen LogP contribution in [0.15, 0.2) is 47.2 Å². The Hall–Kier alpha value is -3.92. The van der Waals surface area contributed by atoms with Crippen molar-refractivity contribution in [2.24, 2.45) is 7.05 Å². The number of hydrogen-bond donors (Lipinski definition) is 2. The van der Waals surface area contributed by atoms with Gasteiger partial charge in [0.05, 0.1) is 42.2 Å². The van der Waals surface area contributed by atoms with Crippen molar-refractivity contribution in [3.05, 3.63) is 48.5 Å². The van der Waals surface area contributed by atoms with Crippen LogP contribution in [-0.2, 0) is 23.0 Å². The number of carbonyl (C=O) groups excluding carboxylic acids is 1. The van der Waals surface area contributed by atoms with Crippen molar-refractivity contribution in [3.63, 3.8) is 0 Å². The molecule has 164 valence electrons. The van der Waals surface area contributed by atoms with Gasteiger partial charge in [0.15, 0.2) is 0 Å². The average molecular weight is 433 g/mol. The van der Waals surface area contributed by atoms with Gasteiger partial charge in [0, 0.05) is 31.7 Å². The van der Waals surface area contributed by atoms with Crippen LogP contribution in [-0.4, -0.2) is 52.0 Å². The monoisotopic (exact) mass is 433 g/mol. The maximum atomic E-state index is 12.9. The van der Waals surface area contributed by atoms with Crippen LogP contribution in [0.5, 0.6) is 0 Å². The molecule has 3 aromatic heterocycles. The molecular formula is C22H23N7O3. The molecule has 0 bridgehead atoms. The highest BCUT2D eigenvalue weighted by Gasteiger charge is 2.19. The number of nitrogen functional groups attached to an aromatic ring is 1. The van der Waals surface area contributed by atoms with E-state index in [9.17, 15) is 4.79 Å². The van der Waals surface area contributed by atoms with Gasteiger partial charge in [-0.15, -0.1) is 0 Å². The molecule has 0 unspecified atom stereocenters. The van der Waals surface area contributed by atoms with E-state index < -0.39 is 0 Å². The third-order valence-electron chi connectivity index (χ3n) is 5.25. The molecule has 1 aromatic carbocycles. The van der Waals surface area contributed by atoms with E-state index in [-0.39, 0.29) is 12.3 Å². The van der Waals surface area contributed by atoms with Gasteiger partial charge in [0.1, 0.15) is 17.8 Å². The largest absolute Gasteiger partial charge is 0.443 e. The summed E-state index contributed by atoms with van der Waals surface area (Å²) in [4.78, 5) is 23.6. The van der Waals surface area contributed by atoms with Crippen LogP contribution in [0, 0.1) is 0 Å². The minimum absolute atomic E-state index is 0.0689. The zero-order valence-corrected chi connectivity index (χ0v) is 17.6. The van der Waals surface area contributed by atoms with Crippen LogP contribution in [0.1, 0.15) is 5.69 Å². The van der Waals surface area contributed by atoms with Gasteiger partial charge in [0.2, 0.25) is 11.8 Å². The van der Waals surface area contributed by atoms with Crippen molar-refractivity contribution >= 4 is 34.0 Å². The molecule has 1 amide bonds. The Bertz CT molecular complexity index is 1270. The number of amides is 1. The molecule has 10 heteroatoms. The van der Waals surface area contributed by atoms with E-state index in [1.54, 1.807) is 22.9 Å². The Labute approximate surface area is 184 Å². The molecule has 3 N–H and O–H groups in total. The Balaban J connectivity index is 1.37. The highest BCUT2D eigenvalue weighted by atomic mass is 16.5. The fraction of sp³-hybridized carbons (Fsp3) is 0.273. The Kier molecular flexibility index (Phi) is 5.20. The highest BCUT2D eigenvalue weighted by Crippen LogP contribution is 2.32. The SMILES string of the molecule is Cn1cc2cc(NC(=O)Cc3coc(-c4cccc(N)n4)n3)c(N3CCOCC3)cc2n1. The summed E-state index contributed by atoms with van der Waals surface area (Å²) in [7, 11) is 1.88. The molecule has 0 aliphatic carbocycles. The summed E-state index contributed by atoms with van der Waals surface area (Å²) < 4.78 is 12.7. The summed E-state index contributed by atoms with van der Waals surface area (Å²) in [5, 5.41) is 8.50. The number of aromatic nitrogens is 4. The number of nitrogens with two attached hydrogens (primary N) is 1. The quantitative estimate of drug-likeness (QED) is 0.491. The number of rotatable bonds is 5. The number of morpholine rings is 1. The third kappa shape index (κ3) is 4.12. The number of fused-ring (bicyclic) bond motifs is 1. The van der Waals surface area contributed by atoms with Gasteiger partial charge in [-0.05, 0) is 24.3 Å². The molecule has 4 heterocycles. The normalized spacial score (nSPS) is 14.1. The van der Waals surface area contributed by atoms with E-state index >= 15 is 0 Å². The maximum absolute atomic E-state index is 12.9. The summed E-state index contributed by atoms with van der Waals surface area (Å²) in [5.74, 6) is 0.510. The molecule has 0 saturated carbocycles. The van der Waals surface area contributed by atoms with E-state index in [1.165, 1.54) is 6.26 Å². The molecular weight excluding hydrogens is 410 g/mol. The fourth-order valence-electron chi connectivity index (χ4n) is 3.79. The molecule has 10 nitrogen and oxygen atoms in total. The first-order valence-electron chi connectivity index (χ1n) is 10.3. The number of nitrogens with one attached hydrogen (secondary N) is 1. The van der Waals surface area contributed by atoms with Crippen molar-refractivity contribution in [3.8, 4) is 11.6 Å². The zero-order chi connectivity index (χ0) is 22.1. The summed E-state index contributed by atoms with van der Waals surface area (Å²) in [6.45, 7) is 2.79. The van der Waals surface area contributed by atoms with Gasteiger partial charge in [-0.3, -0.25) is 9.48 Å². The van der Waals surface area contributed by atoms with Crippen molar-refractivity contribution < 1.29 is 13.9 Å². The summed E-state index contributed by atoms with van der Waals surface area (Å²) in [5.41, 5.74) is 9.30. The van der Waals surface area contributed by atoms with Crippen LogP contribution in [0.2, 0.25) is 0 Å². The minimum atomic E-state index is -0.192. The molecule has 5 rings (SSSR count). The lowest BCUT2D eigenvalue weighted by Crippen LogP contribution is -2.36. The zero-order valence-electron chi connectivity index (χ0n) is 17.6. The lowest BCUT2D eigenvalue weighted by atomic mass is 10.1. The van der Waals surface area contributed by atoms with Gasteiger partial charge in [-0.2, -0.15) is 5.10 Å². The second-order valence-electron chi connectivity index (χ2n) is 7.65. The first-order valence-corrected chi connectivity index (χ1v) is 10.3. The van der Waals surface area contributed by atoms with E-state index in [2.05, 4.69) is 25.3 Å². The van der Waals surface area contributed by atoms with Crippen LogP contribution in [0.25, 0.3) is 22.5 Å². The van der Waals surface area contributed by atoms with Gasteiger partial charge >= 0.3 is 0 Å². The van der Waals surface area contributed by atoms with E-state index in [1.807, 2.05) is 25.4 Å². The standard InChI is InChI=1S/C22H23N7O3/c1-28-12-14-9-18(19(11-17(14)27-28)29-5-7-31-8-6-29)26-21(30)10-15-13-32-22(24-15)16-3-2-4-20(23)25-16/h2-4,9,11-13H,5-8,10H2,1H3,(H2,23,25)(H,26,30). The van der Waals surface area contributed by atoms with Gasteiger partial charge in [-0.1, -0.05) is 6.07 Å². The maximum Gasteiger partial charge on any atom is 0.245 e. The number of hydrogen-bond acceptors (Lipinski definition) is 8. The van der Waals surface area contributed by atoms with Crippen LogP contribution in [0.3, 0.4) is 0 Å². The number of oxazole rings is 1. The highest BCUT2D eigenvalue weighted by molar-refractivity contribution is 5.99. The fourth-order valence-corrected chi connectivity index (χ4v) is 3.79. The minimum Gasteiger partial charge on any atom is -0.443 e. The van der Waals surface area contributed by atoms with E-state index in [4.69, 9.17) is 14.9 Å². The molecule has 1 aliphatic rings. The van der Waals surface area contributed by atoms with Crippen molar-refractivity contribution in [2.45, 2.75) is 6.42 Å². The molecule has 0 atom stereocenters. The summed E-state index contributed by atoms with van der Waals surface area (Å²) in [6.07, 6.45) is 3.46. The average Bonchev–Trinajstić information content (AvgIpc) is 3.39. The van der Waals surface area contributed by atoms with Crippen molar-refractivity contribution in [2.75, 3.05) is 42.3 Å². The summed E-state index contributed by atoms with van der Waals surface area (Å²) >= 11 is 0. The second-order valence-corrected chi connectivity index (χ2v) is 7.65. The number of ether oxygens (including phenoxy) is 1. The smallest absolute Gasteiger partial charge is 0.245 e. The third-order valence-corrected chi connectivity index (χ3v) is 5.25. The van der Waals surface area contributed by atoms with E-state index in [0.717, 1.165) is 35.4 Å². The summed E-state index contributed by atoms with van der Waals surface area (Å²) in [6, 6.07) is 9.18. The first kappa shape index (κ1) is 20.0. The number of aryl methyl sites for hydroxylation is 1. The predicted molar refractivity (Wildman–Crippen MR) is 120 cm³/mol. The van der Waals surface area contributed by atoms with Crippen molar-refractivity contribution in [1.29, 1.82) is 0 Å². The Morgan fingerprint density at radius 2 is 2.06 bits per heavy atom. The molecule has 4 aromatic rings. The number of carbonyl (C=O) groups is 1. The predicted octanol–water partition coefficient (Wildman–Crippen LogP) is 2.22. The number of benzene rings is 1. The van der Waals surface area contributed by atoms with Gasteiger partial charge < -0.3 is 25.1 Å². The number of pyridine rings is 1. The topological polar surface area (TPSA) is 124 Å². The molecule has 32 heavy (non-hydrogen) atoms. The lowest BCUT2D eigenvalue weighted by molar-refractivity contribution is -0.115. The van der Waals surface area contributed by atoms with Crippen LogP contribution in [0.4, 0.5) is 17.2 Å². The molecule has 0 spiro atoms. The molecule has 1 aliphatic heterocycles. The van der Waals surface area contributed by atoms with Crippen molar-refractivity contribution in [1.82, 2.24) is 19.7 Å². The Morgan fingerprint density at radius 1 is 1.22 bits per heavy atom. The number of anilines is 3. The van der Waals surface area contributed by atoms with Crippen LogP contribution >= 0.6 is 0 Å². The molecule has 0 radical (unpaired) electrons. The number of nitrogens with zero attached hydrogens (tertiary/aromatic N) is 5. The van der Waals surface area contributed by atoms with E-state index in [0.29, 0.717) is 36.3 Å². The molecule has 1 fully saturated rings. The molecule has 1 saturated heterocycles. The second kappa shape index (κ2) is 8.31. The lowest BCUT2D eigenvalue weighted by Gasteiger charge is -2.30. The van der Waals surface area contributed by atoms with Gasteiger partial charge in [-0.25, -0.2) is 9.97 Å².